The van der Waals surface area contributed by atoms with Crippen molar-refractivity contribution in [2.45, 2.75) is 44.1 Å². The van der Waals surface area contributed by atoms with Crippen LogP contribution in [0.4, 0.5) is 0 Å². The summed E-state index contributed by atoms with van der Waals surface area (Å²) in [5, 5.41) is 14.1. The van der Waals surface area contributed by atoms with Crippen LogP contribution in [-0.2, 0) is 9.59 Å². The number of amides is 1. The lowest BCUT2D eigenvalue weighted by Crippen LogP contribution is -2.48. The van der Waals surface area contributed by atoms with E-state index in [1.54, 1.807) is 0 Å². The first-order valence-corrected chi connectivity index (χ1v) is 5.75. The van der Waals surface area contributed by atoms with Crippen molar-refractivity contribution in [3.05, 3.63) is 0 Å². The number of rotatable bonds is 5. The van der Waals surface area contributed by atoms with Crippen LogP contribution in [0.25, 0.3) is 0 Å². The van der Waals surface area contributed by atoms with Crippen molar-refractivity contribution in [2.75, 3.05) is 13.6 Å². The molecule has 92 valence electrons. The molecule has 0 aromatic carbocycles. The Bertz CT molecular complexity index is 260. The van der Waals surface area contributed by atoms with E-state index in [0.717, 1.165) is 25.7 Å². The number of hydrogen-bond acceptors (Lipinski definition) is 3. The molecule has 0 spiro atoms. The van der Waals surface area contributed by atoms with Crippen LogP contribution in [0.1, 0.15) is 38.5 Å². The zero-order valence-corrected chi connectivity index (χ0v) is 9.71. The maximum Gasteiger partial charge on any atom is 0.322 e. The van der Waals surface area contributed by atoms with Gasteiger partial charge in [-0.15, -0.1) is 0 Å². The second-order valence-corrected chi connectivity index (χ2v) is 4.44. The fourth-order valence-corrected chi connectivity index (χ4v) is 2.29. The van der Waals surface area contributed by atoms with Gasteiger partial charge in [0.05, 0.1) is 0 Å². The Hall–Kier alpha value is -1.10. The minimum Gasteiger partial charge on any atom is -0.480 e. The zero-order valence-electron chi connectivity index (χ0n) is 9.71. The van der Waals surface area contributed by atoms with E-state index in [1.165, 1.54) is 6.42 Å². The van der Waals surface area contributed by atoms with Crippen LogP contribution < -0.4 is 10.6 Å². The van der Waals surface area contributed by atoms with Gasteiger partial charge in [-0.25, -0.2) is 0 Å². The second-order valence-electron chi connectivity index (χ2n) is 4.44. The molecule has 0 heterocycles. The van der Waals surface area contributed by atoms with Gasteiger partial charge >= 0.3 is 5.97 Å². The molecule has 5 heteroatoms. The maximum atomic E-state index is 11.6. The Balaban J connectivity index is 2.42. The summed E-state index contributed by atoms with van der Waals surface area (Å²) in [7, 11) is 1.87. The van der Waals surface area contributed by atoms with Crippen LogP contribution in [0.15, 0.2) is 0 Å². The SMILES string of the molecule is CNC1(CC(=O)NCC(=O)O)CCCCC1. The summed E-state index contributed by atoms with van der Waals surface area (Å²) < 4.78 is 0. The fourth-order valence-electron chi connectivity index (χ4n) is 2.29. The van der Waals surface area contributed by atoms with E-state index in [1.807, 2.05) is 7.05 Å². The van der Waals surface area contributed by atoms with Crippen LogP contribution in [0.2, 0.25) is 0 Å². The van der Waals surface area contributed by atoms with Gasteiger partial charge in [-0.1, -0.05) is 19.3 Å². The van der Waals surface area contributed by atoms with E-state index in [-0.39, 0.29) is 18.0 Å². The molecule has 16 heavy (non-hydrogen) atoms. The van der Waals surface area contributed by atoms with Crippen LogP contribution in [-0.4, -0.2) is 36.1 Å². The van der Waals surface area contributed by atoms with Gasteiger partial charge in [-0.3, -0.25) is 9.59 Å². The normalized spacial score (nSPS) is 19.1. The van der Waals surface area contributed by atoms with E-state index < -0.39 is 5.97 Å². The van der Waals surface area contributed by atoms with Crippen molar-refractivity contribution in [1.82, 2.24) is 10.6 Å². The first-order valence-electron chi connectivity index (χ1n) is 5.75. The summed E-state index contributed by atoms with van der Waals surface area (Å²) in [4.78, 5) is 21.9. The molecule has 0 radical (unpaired) electrons. The Morgan fingerprint density at radius 3 is 2.38 bits per heavy atom. The molecule has 1 aliphatic rings. The third-order valence-electron chi connectivity index (χ3n) is 3.28. The highest BCUT2D eigenvalue weighted by Gasteiger charge is 2.32. The molecular weight excluding hydrogens is 208 g/mol. The molecule has 0 saturated heterocycles. The molecule has 1 aliphatic carbocycles. The Morgan fingerprint density at radius 1 is 1.25 bits per heavy atom. The maximum absolute atomic E-state index is 11.6. The largest absolute Gasteiger partial charge is 0.480 e. The van der Waals surface area contributed by atoms with Gasteiger partial charge in [0, 0.05) is 12.0 Å². The van der Waals surface area contributed by atoms with Crippen LogP contribution >= 0.6 is 0 Å². The third kappa shape index (κ3) is 3.81. The highest BCUT2D eigenvalue weighted by atomic mass is 16.4. The van der Waals surface area contributed by atoms with E-state index in [0.29, 0.717) is 6.42 Å². The summed E-state index contributed by atoms with van der Waals surface area (Å²) in [5.74, 6) is -1.19. The predicted molar refractivity (Wildman–Crippen MR) is 60.1 cm³/mol. The highest BCUT2D eigenvalue weighted by molar-refractivity contribution is 5.81. The van der Waals surface area contributed by atoms with Crippen LogP contribution in [0, 0.1) is 0 Å². The van der Waals surface area contributed by atoms with Gasteiger partial charge in [0.15, 0.2) is 0 Å². The van der Waals surface area contributed by atoms with E-state index in [2.05, 4.69) is 10.6 Å². The van der Waals surface area contributed by atoms with E-state index in [9.17, 15) is 9.59 Å². The van der Waals surface area contributed by atoms with Gasteiger partial charge in [0.2, 0.25) is 5.91 Å². The second kappa shape index (κ2) is 5.84. The van der Waals surface area contributed by atoms with Gasteiger partial charge in [0.25, 0.3) is 0 Å². The van der Waals surface area contributed by atoms with E-state index in [4.69, 9.17) is 5.11 Å². The molecule has 0 aromatic rings. The monoisotopic (exact) mass is 228 g/mol. The quantitative estimate of drug-likeness (QED) is 0.640. The molecule has 0 aromatic heterocycles. The number of hydrogen-bond donors (Lipinski definition) is 3. The third-order valence-corrected chi connectivity index (χ3v) is 3.28. The molecule has 0 unspecified atom stereocenters. The van der Waals surface area contributed by atoms with Crippen molar-refractivity contribution in [1.29, 1.82) is 0 Å². The number of carbonyl (C=O) groups is 2. The Labute approximate surface area is 95.6 Å². The summed E-state index contributed by atoms with van der Waals surface area (Å²) in [5.41, 5.74) is -0.124. The van der Waals surface area contributed by atoms with Crippen LogP contribution in [0.3, 0.4) is 0 Å². The average molecular weight is 228 g/mol. The summed E-state index contributed by atoms with van der Waals surface area (Å²) >= 11 is 0. The van der Waals surface area contributed by atoms with Crippen molar-refractivity contribution < 1.29 is 14.7 Å². The van der Waals surface area contributed by atoms with Crippen molar-refractivity contribution >= 4 is 11.9 Å². The minimum atomic E-state index is -1.00. The van der Waals surface area contributed by atoms with Crippen LogP contribution in [0.5, 0.6) is 0 Å². The smallest absolute Gasteiger partial charge is 0.322 e. The molecule has 1 fully saturated rings. The standard InChI is InChI=1S/C11H20N2O3/c1-12-11(5-3-2-4-6-11)7-9(14)13-8-10(15)16/h12H,2-8H2,1H3,(H,13,14)(H,15,16). The van der Waals surface area contributed by atoms with Gasteiger partial charge in [0.1, 0.15) is 6.54 Å². The first kappa shape index (κ1) is 13.0. The molecule has 5 nitrogen and oxygen atoms in total. The van der Waals surface area contributed by atoms with Gasteiger partial charge in [-0.2, -0.15) is 0 Å². The predicted octanol–water partition coefficient (Wildman–Crippen LogP) is 0.500. The summed E-state index contributed by atoms with van der Waals surface area (Å²) in [6.07, 6.45) is 5.84. The zero-order chi connectivity index (χ0) is 12.0. The van der Waals surface area contributed by atoms with Gasteiger partial charge < -0.3 is 15.7 Å². The van der Waals surface area contributed by atoms with Gasteiger partial charge in [-0.05, 0) is 19.9 Å². The number of carbonyl (C=O) groups excluding carboxylic acids is 1. The lowest BCUT2D eigenvalue weighted by atomic mass is 9.79. The molecular formula is C11H20N2O3. The Kier molecular flexibility index (Phi) is 4.73. The number of carboxylic acids is 1. The molecule has 1 rings (SSSR count). The molecule has 0 aliphatic heterocycles. The Morgan fingerprint density at radius 2 is 1.88 bits per heavy atom. The lowest BCUT2D eigenvalue weighted by molar-refractivity contribution is -0.138. The van der Waals surface area contributed by atoms with Crippen molar-refractivity contribution in [2.24, 2.45) is 0 Å². The average Bonchev–Trinajstić information content (AvgIpc) is 2.28. The summed E-state index contributed by atoms with van der Waals surface area (Å²) in [6.45, 7) is -0.293. The minimum absolute atomic E-state index is 0.124. The molecule has 0 atom stereocenters. The highest BCUT2D eigenvalue weighted by Crippen LogP contribution is 2.30. The molecule has 1 amide bonds. The lowest BCUT2D eigenvalue weighted by Gasteiger charge is -2.36. The van der Waals surface area contributed by atoms with Crippen molar-refractivity contribution in [3.63, 3.8) is 0 Å². The molecule has 3 N–H and O–H groups in total. The first-order chi connectivity index (χ1) is 7.58. The van der Waals surface area contributed by atoms with Crippen molar-refractivity contribution in [3.8, 4) is 0 Å². The molecule has 1 saturated carbocycles. The number of nitrogens with one attached hydrogen (secondary N) is 2. The number of carboxylic acid groups (broad SMARTS) is 1. The summed E-state index contributed by atoms with van der Waals surface area (Å²) in [6, 6.07) is 0. The topological polar surface area (TPSA) is 78.4 Å². The van der Waals surface area contributed by atoms with E-state index >= 15 is 0 Å². The number of aliphatic carboxylic acids is 1. The molecule has 0 bridgehead atoms. The fraction of sp³-hybridized carbons (Fsp3) is 0.818.